The third kappa shape index (κ3) is 3.52. The van der Waals surface area contributed by atoms with Gasteiger partial charge >= 0.3 is 0 Å². The average molecular weight is 372 g/mol. The summed E-state index contributed by atoms with van der Waals surface area (Å²) in [7, 11) is 0. The van der Waals surface area contributed by atoms with Crippen molar-refractivity contribution in [1.29, 1.82) is 0 Å². The molecule has 138 valence electrons. The summed E-state index contributed by atoms with van der Waals surface area (Å²) in [6.07, 6.45) is 5.79. The number of carbonyl (C=O) groups excluding carboxylic acids is 1. The van der Waals surface area contributed by atoms with Crippen LogP contribution in [0.3, 0.4) is 0 Å². The predicted octanol–water partition coefficient (Wildman–Crippen LogP) is 4.25. The molecule has 0 amide bonds. The minimum absolute atomic E-state index is 0.133. The van der Waals surface area contributed by atoms with Crippen molar-refractivity contribution in [1.82, 2.24) is 14.8 Å². The summed E-state index contributed by atoms with van der Waals surface area (Å²) in [4.78, 5) is 12.6. The van der Waals surface area contributed by atoms with Gasteiger partial charge in [-0.2, -0.15) is 0 Å². The van der Waals surface area contributed by atoms with Crippen LogP contribution in [0.5, 0.6) is 5.75 Å². The average Bonchev–Trinajstić information content (AvgIpc) is 3.25. The highest BCUT2D eigenvalue weighted by Crippen LogP contribution is 2.35. The zero-order valence-electron chi connectivity index (χ0n) is 15.4. The van der Waals surface area contributed by atoms with Crippen molar-refractivity contribution >= 4 is 17.5 Å². The number of nitrogens with zero attached hydrogens (tertiary/aromatic N) is 3. The van der Waals surface area contributed by atoms with Crippen LogP contribution in [-0.2, 0) is 6.42 Å². The summed E-state index contributed by atoms with van der Waals surface area (Å²) in [6, 6.07) is 6.22. The van der Waals surface area contributed by atoms with Crippen molar-refractivity contribution in [2.45, 2.75) is 57.1 Å². The summed E-state index contributed by atoms with van der Waals surface area (Å²) in [5, 5.41) is 9.50. The van der Waals surface area contributed by atoms with Crippen molar-refractivity contribution < 1.29 is 9.53 Å². The first kappa shape index (κ1) is 17.6. The largest absolute Gasteiger partial charge is 0.493 e. The molecular weight excluding hydrogens is 346 g/mol. The first-order valence-corrected chi connectivity index (χ1v) is 10.4. The van der Waals surface area contributed by atoms with Crippen LogP contribution in [0.15, 0.2) is 23.4 Å². The van der Waals surface area contributed by atoms with Crippen LogP contribution in [0.2, 0.25) is 0 Å². The standard InChI is InChI=1S/C20H25N3O2S/c1-13-4-3-5-17(10-13)23-14(2)21-22-20(23)26-12-18(24)15-6-7-19-16(11-15)8-9-25-19/h6-7,11,13,17H,3-5,8-10,12H2,1-2H3/t13-,17+/m1/s1. The highest BCUT2D eigenvalue weighted by Gasteiger charge is 2.25. The molecule has 1 aromatic heterocycles. The van der Waals surface area contributed by atoms with E-state index in [1.807, 2.05) is 25.1 Å². The highest BCUT2D eigenvalue weighted by atomic mass is 32.2. The van der Waals surface area contributed by atoms with Gasteiger partial charge in [0.15, 0.2) is 10.9 Å². The maximum absolute atomic E-state index is 12.6. The highest BCUT2D eigenvalue weighted by molar-refractivity contribution is 7.99. The number of hydrogen-bond acceptors (Lipinski definition) is 5. The fraction of sp³-hybridized carbons (Fsp3) is 0.550. The molecule has 26 heavy (non-hydrogen) atoms. The molecule has 4 rings (SSSR count). The number of aromatic nitrogens is 3. The third-order valence-corrected chi connectivity index (χ3v) is 6.40. The Kier molecular flexibility index (Phi) is 5.02. The Morgan fingerprint density at radius 2 is 2.23 bits per heavy atom. The van der Waals surface area contributed by atoms with Gasteiger partial charge in [-0.05, 0) is 49.4 Å². The van der Waals surface area contributed by atoms with E-state index in [1.165, 1.54) is 37.4 Å². The summed E-state index contributed by atoms with van der Waals surface area (Å²) < 4.78 is 7.77. The molecule has 6 heteroatoms. The second-order valence-electron chi connectivity index (χ2n) is 7.46. The number of fused-ring (bicyclic) bond motifs is 1. The van der Waals surface area contributed by atoms with Crippen LogP contribution < -0.4 is 4.74 Å². The van der Waals surface area contributed by atoms with Crippen LogP contribution in [0.4, 0.5) is 0 Å². The number of benzene rings is 1. The van der Waals surface area contributed by atoms with Crippen molar-refractivity contribution in [2.24, 2.45) is 5.92 Å². The van der Waals surface area contributed by atoms with E-state index >= 15 is 0 Å². The Morgan fingerprint density at radius 3 is 3.08 bits per heavy atom. The van der Waals surface area contributed by atoms with Gasteiger partial charge in [0, 0.05) is 18.0 Å². The smallest absolute Gasteiger partial charge is 0.191 e. The maximum Gasteiger partial charge on any atom is 0.191 e. The first-order valence-electron chi connectivity index (χ1n) is 9.45. The van der Waals surface area contributed by atoms with Crippen molar-refractivity contribution in [2.75, 3.05) is 12.4 Å². The van der Waals surface area contributed by atoms with E-state index in [4.69, 9.17) is 4.74 Å². The number of hydrogen-bond donors (Lipinski definition) is 0. The Balaban J connectivity index is 1.45. The summed E-state index contributed by atoms with van der Waals surface area (Å²) in [5.74, 6) is 3.13. The number of rotatable bonds is 5. The summed E-state index contributed by atoms with van der Waals surface area (Å²) in [6.45, 7) is 5.04. The molecule has 5 nitrogen and oxygen atoms in total. The van der Waals surface area contributed by atoms with Crippen LogP contribution in [0.1, 0.15) is 60.4 Å². The normalized spacial score (nSPS) is 22.1. The number of carbonyl (C=O) groups is 1. The predicted molar refractivity (Wildman–Crippen MR) is 102 cm³/mol. The van der Waals surface area contributed by atoms with Gasteiger partial charge in [0.2, 0.25) is 0 Å². The Morgan fingerprint density at radius 1 is 1.35 bits per heavy atom. The quantitative estimate of drug-likeness (QED) is 0.581. The third-order valence-electron chi connectivity index (χ3n) is 5.45. The molecule has 2 atom stereocenters. The Bertz CT molecular complexity index is 817. The van der Waals surface area contributed by atoms with Gasteiger partial charge in [0.1, 0.15) is 11.6 Å². The van der Waals surface area contributed by atoms with Crippen molar-refractivity contribution in [3.63, 3.8) is 0 Å². The van der Waals surface area contributed by atoms with E-state index in [0.717, 1.165) is 40.2 Å². The van der Waals surface area contributed by atoms with Gasteiger partial charge in [-0.15, -0.1) is 10.2 Å². The molecule has 1 aromatic carbocycles. The van der Waals surface area contributed by atoms with E-state index in [2.05, 4.69) is 21.7 Å². The second-order valence-corrected chi connectivity index (χ2v) is 8.40. The molecule has 1 aliphatic carbocycles. The Labute approximate surface area is 158 Å². The SMILES string of the molecule is Cc1nnc(SCC(=O)c2ccc3c(c2)CCO3)n1[C@H]1CCC[C@@H](C)C1. The van der Waals surface area contributed by atoms with Crippen LogP contribution in [-0.4, -0.2) is 32.9 Å². The lowest BCUT2D eigenvalue weighted by atomic mass is 9.87. The minimum atomic E-state index is 0.133. The van der Waals surface area contributed by atoms with Gasteiger partial charge in [0.25, 0.3) is 0 Å². The molecule has 0 spiro atoms. The van der Waals surface area contributed by atoms with Crippen molar-refractivity contribution in [3.8, 4) is 5.75 Å². The molecule has 2 aromatic rings. The van der Waals surface area contributed by atoms with E-state index in [9.17, 15) is 4.79 Å². The van der Waals surface area contributed by atoms with Gasteiger partial charge in [-0.25, -0.2) is 0 Å². The fourth-order valence-corrected chi connectivity index (χ4v) is 5.02. The van der Waals surface area contributed by atoms with E-state index in [-0.39, 0.29) is 5.78 Å². The molecular formula is C20H25N3O2S. The molecule has 2 heterocycles. The summed E-state index contributed by atoms with van der Waals surface area (Å²) in [5.41, 5.74) is 1.90. The molecule has 1 aliphatic heterocycles. The lowest BCUT2D eigenvalue weighted by molar-refractivity contribution is 0.102. The Hall–Kier alpha value is -1.82. The monoisotopic (exact) mass is 371 g/mol. The van der Waals surface area contributed by atoms with Crippen molar-refractivity contribution in [3.05, 3.63) is 35.2 Å². The van der Waals surface area contributed by atoms with Gasteiger partial charge in [-0.3, -0.25) is 4.79 Å². The molecule has 0 bridgehead atoms. The zero-order chi connectivity index (χ0) is 18.1. The van der Waals surface area contributed by atoms with E-state index in [0.29, 0.717) is 18.4 Å². The molecule has 1 fully saturated rings. The number of aryl methyl sites for hydroxylation is 1. The number of ether oxygens (including phenoxy) is 1. The van der Waals surface area contributed by atoms with Gasteiger partial charge in [0.05, 0.1) is 12.4 Å². The van der Waals surface area contributed by atoms with Crippen LogP contribution in [0, 0.1) is 12.8 Å². The molecule has 1 saturated carbocycles. The molecule has 0 radical (unpaired) electrons. The molecule has 0 saturated heterocycles. The number of ketones is 1. The van der Waals surface area contributed by atoms with Crippen LogP contribution >= 0.6 is 11.8 Å². The van der Waals surface area contributed by atoms with E-state index in [1.54, 1.807) is 0 Å². The zero-order valence-corrected chi connectivity index (χ0v) is 16.2. The first-order chi connectivity index (χ1) is 12.6. The lowest BCUT2D eigenvalue weighted by Crippen LogP contribution is -2.19. The fourth-order valence-electron chi connectivity index (χ4n) is 4.08. The number of thioether (sulfide) groups is 1. The lowest BCUT2D eigenvalue weighted by Gasteiger charge is -2.29. The maximum atomic E-state index is 12.6. The molecule has 0 unspecified atom stereocenters. The van der Waals surface area contributed by atoms with Gasteiger partial charge in [-0.1, -0.05) is 31.5 Å². The number of Topliss-reactive ketones (excluding diaryl/α,β-unsaturated/α-hetero) is 1. The van der Waals surface area contributed by atoms with Gasteiger partial charge < -0.3 is 9.30 Å². The van der Waals surface area contributed by atoms with E-state index < -0.39 is 0 Å². The molecule has 0 N–H and O–H groups in total. The second kappa shape index (κ2) is 7.43. The summed E-state index contributed by atoms with van der Waals surface area (Å²) >= 11 is 1.51. The molecule has 2 aliphatic rings. The topological polar surface area (TPSA) is 57.0 Å². The van der Waals surface area contributed by atoms with Crippen LogP contribution in [0.25, 0.3) is 0 Å². The minimum Gasteiger partial charge on any atom is -0.493 e.